The van der Waals surface area contributed by atoms with Crippen LogP contribution in [0.15, 0.2) is 41.5 Å². The van der Waals surface area contributed by atoms with Crippen molar-refractivity contribution >= 4 is 6.21 Å². The summed E-state index contributed by atoms with van der Waals surface area (Å²) in [6.45, 7) is 5.10. The fourth-order valence-electron chi connectivity index (χ4n) is 4.14. The van der Waals surface area contributed by atoms with E-state index < -0.39 is 0 Å². The van der Waals surface area contributed by atoms with Crippen LogP contribution in [-0.2, 0) is 0 Å². The predicted octanol–water partition coefficient (Wildman–Crippen LogP) is 2.15. The lowest BCUT2D eigenvalue weighted by Gasteiger charge is -2.33. The zero-order valence-electron chi connectivity index (χ0n) is 16.2. The van der Waals surface area contributed by atoms with Crippen LogP contribution in [0.4, 0.5) is 4.39 Å². The summed E-state index contributed by atoms with van der Waals surface area (Å²) >= 11 is 0. The number of rotatable bonds is 8. The first-order chi connectivity index (χ1) is 13.7. The van der Waals surface area contributed by atoms with Crippen molar-refractivity contribution < 1.29 is 9.60 Å². The first kappa shape index (κ1) is 19.5. The topological polar surface area (TPSA) is 63.1 Å². The molecule has 6 nitrogen and oxygen atoms in total. The second-order valence-electron chi connectivity index (χ2n) is 8.04. The molecular weight excluding hydrogens is 357 g/mol. The summed E-state index contributed by atoms with van der Waals surface area (Å²) in [7, 11) is 0. The third-order valence-electron chi connectivity index (χ3n) is 6.02. The van der Waals surface area contributed by atoms with Crippen molar-refractivity contribution in [3.05, 3.63) is 47.9 Å². The van der Waals surface area contributed by atoms with Gasteiger partial charge < -0.3 is 10.2 Å². The molecule has 152 valence electrons. The Morgan fingerprint density at radius 2 is 1.93 bits per heavy atom. The molecule has 3 N–H and O–H groups in total. The lowest BCUT2D eigenvalue weighted by Crippen LogP contribution is -2.46. The molecule has 1 aliphatic carbocycles. The second kappa shape index (κ2) is 9.13. The van der Waals surface area contributed by atoms with Crippen LogP contribution in [0.25, 0.3) is 0 Å². The second-order valence-corrected chi connectivity index (χ2v) is 8.04. The maximum atomic E-state index is 13.0. The van der Waals surface area contributed by atoms with E-state index >= 15 is 0 Å². The van der Waals surface area contributed by atoms with Gasteiger partial charge in [-0.1, -0.05) is 12.1 Å². The molecule has 2 fully saturated rings. The van der Waals surface area contributed by atoms with Crippen LogP contribution >= 0.6 is 0 Å². The normalized spacial score (nSPS) is 28.1. The highest BCUT2D eigenvalue weighted by atomic mass is 19.1. The van der Waals surface area contributed by atoms with E-state index in [0.29, 0.717) is 12.0 Å². The standard InChI is InChI=1S/C21H30FN5O/c22-18-4-2-17(3-5-18)19-14-20(19)25-15-16-6-11-26(12-7-16)13-9-24-21-23-8-1-10-27(21)28/h1-5,8,10,16,19-21,24-25,28H,6-7,9,11-15H2. The molecule has 1 saturated carbocycles. The number of nitrogens with zero attached hydrogens (tertiary/aromatic N) is 3. The molecule has 0 spiro atoms. The lowest BCUT2D eigenvalue weighted by atomic mass is 9.96. The SMILES string of the molecule is ON1C=CC=NC1NCCN1CCC(CNC2CC2c2ccc(F)cc2)CC1. The number of hydrogen-bond acceptors (Lipinski definition) is 6. The molecule has 3 atom stereocenters. The molecule has 3 aliphatic rings. The highest BCUT2D eigenvalue weighted by Gasteiger charge is 2.38. The maximum Gasteiger partial charge on any atom is 0.198 e. The van der Waals surface area contributed by atoms with Crippen molar-refractivity contribution in [1.82, 2.24) is 20.6 Å². The van der Waals surface area contributed by atoms with E-state index in [1.807, 2.05) is 12.1 Å². The van der Waals surface area contributed by atoms with Crippen LogP contribution in [0, 0.1) is 11.7 Å². The molecule has 4 rings (SSSR count). The Bertz CT molecular complexity index is 687. The number of allylic oxidation sites excluding steroid dienone is 1. The maximum absolute atomic E-state index is 13.0. The van der Waals surface area contributed by atoms with Gasteiger partial charge in [-0.05, 0) is 68.6 Å². The van der Waals surface area contributed by atoms with Crippen molar-refractivity contribution in [2.75, 3.05) is 32.7 Å². The zero-order valence-corrected chi connectivity index (χ0v) is 16.2. The van der Waals surface area contributed by atoms with Crippen LogP contribution in [0.2, 0.25) is 0 Å². The Balaban J connectivity index is 1.09. The first-order valence-corrected chi connectivity index (χ1v) is 10.3. The van der Waals surface area contributed by atoms with Gasteiger partial charge in [-0.3, -0.25) is 15.5 Å². The summed E-state index contributed by atoms with van der Waals surface area (Å²) in [5.74, 6) is 1.13. The van der Waals surface area contributed by atoms with E-state index in [4.69, 9.17) is 0 Å². The van der Waals surface area contributed by atoms with Crippen LogP contribution in [0.3, 0.4) is 0 Å². The van der Waals surface area contributed by atoms with Gasteiger partial charge in [0.05, 0.1) is 0 Å². The van der Waals surface area contributed by atoms with Gasteiger partial charge in [-0.2, -0.15) is 0 Å². The molecule has 0 amide bonds. The Hall–Kier alpha value is -1.80. The van der Waals surface area contributed by atoms with Gasteiger partial charge in [0.15, 0.2) is 6.29 Å². The number of piperidine rings is 1. The minimum absolute atomic E-state index is 0.159. The largest absolute Gasteiger partial charge is 0.313 e. The van der Waals surface area contributed by atoms with Gasteiger partial charge in [0.25, 0.3) is 0 Å². The van der Waals surface area contributed by atoms with Gasteiger partial charge in [0.2, 0.25) is 0 Å². The third kappa shape index (κ3) is 5.17. The fraction of sp³-hybridized carbons (Fsp3) is 0.571. The summed E-state index contributed by atoms with van der Waals surface area (Å²) in [6.07, 6.45) is 8.23. The quantitative estimate of drug-likeness (QED) is 0.638. The molecule has 0 radical (unpaired) electrons. The average molecular weight is 388 g/mol. The van der Waals surface area contributed by atoms with Crippen LogP contribution in [0.5, 0.6) is 0 Å². The van der Waals surface area contributed by atoms with Crippen molar-refractivity contribution in [3.63, 3.8) is 0 Å². The van der Waals surface area contributed by atoms with Gasteiger partial charge in [0, 0.05) is 37.5 Å². The predicted molar refractivity (Wildman–Crippen MR) is 108 cm³/mol. The number of benzene rings is 1. The Morgan fingerprint density at radius 1 is 1.14 bits per heavy atom. The average Bonchev–Trinajstić information content (AvgIpc) is 3.49. The van der Waals surface area contributed by atoms with E-state index in [9.17, 15) is 9.60 Å². The van der Waals surface area contributed by atoms with Gasteiger partial charge >= 0.3 is 0 Å². The summed E-state index contributed by atoms with van der Waals surface area (Å²) in [4.78, 5) is 6.67. The molecule has 1 saturated heterocycles. The Kier molecular flexibility index (Phi) is 6.36. The molecule has 0 aromatic heterocycles. The monoisotopic (exact) mass is 387 g/mol. The summed E-state index contributed by atoms with van der Waals surface area (Å²) < 4.78 is 13.0. The molecule has 2 heterocycles. The summed E-state index contributed by atoms with van der Waals surface area (Å²) in [5, 5.41) is 17.7. The van der Waals surface area contributed by atoms with Gasteiger partial charge in [0.1, 0.15) is 5.82 Å². The van der Waals surface area contributed by atoms with E-state index in [2.05, 4.69) is 20.5 Å². The van der Waals surface area contributed by atoms with Crippen molar-refractivity contribution in [2.45, 2.75) is 37.5 Å². The highest BCUT2D eigenvalue weighted by Crippen LogP contribution is 2.40. The van der Waals surface area contributed by atoms with Crippen LogP contribution < -0.4 is 10.6 Å². The van der Waals surface area contributed by atoms with Crippen molar-refractivity contribution in [3.8, 4) is 0 Å². The van der Waals surface area contributed by atoms with E-state index in [0.717, 1.165) is 50.1 Å². The minimum Gasteiger partial charge on any atom is -0.313 e. The summed E-state index contributed by atoms with van der Waals surface area (Å²) in [5.41, 5.74) is 1.25. The van der Waals surface area contributed by atoms with E-state index in [-0.39, 0.29) is 12.1 Å². The third-order valence-corrected chi connectivity index (χ3v) is 6.02. The van der Waals surface area contributed by atoms with Crippen molar-refractivity contribution in [2.24, 2.45) is 10.9 Å². The number of aliphatic imine (C=N–C) groups is 1. The number of hydroxylamine groups is 2. The molecule has 3 unspecified atom stereocenters. The van der Waals surface area contributed by atoms with E-state index in [1.165, 1.54) is 18.4 Å². The van der Waals surface area contributed by atoms with Crippen molar-refractivity contribution in [1.29, 1.82) is 0 Å². The highest BCUT2D eigenvalue weighted by molar-refractivity contribution is 5.71. The van der Waals surface area contributed by atoms with Crippen LogP contribution in [0.1, 0.15) is 30.7 Å². The molecule has 7 heteroatoms. The molecule has 1 aromatic rings. The zero-order chi connectivity index (χ0) is 19.3. The minimum atomic E-state index is -0.376. The molecular formula is C21H30FN5O. The molecule has 1 aromatic carbocycles. The van der Waals surface area contributed by atoms with E-state index in [1.54, 1.807) is 30.6 Å². The smallest absolute Gasteiger partial charge is 0.198 e. The van der Waals surface area contributed by atoms with Gasteiger partial charge in [-0.25, -0.2) is 9.45 Å². The summed E-state index contributed by atoms with van der Waals surface area (Å²) in [6, 6.07) is 7.51. The number of hydrogen-bond donors (Lipinski definition) is 3. The van der Waals surface area contributed by atoms with Crippen LogP contribution in [-0.4, -0.2) is 66.4 Å². The fourth-order valence-corrected chi connectivity index (χ4v) is 4.14. The molecule has 2 aliphatic heterocycles. The first-order valence-electron chi connectivity index (χ1n) is 10.3. The number of nitrogens with one attached hydrogen (secondary N) is 2. The Labute approximate surface area is 166 Å². The number of likely N-dealkylation sites (tertiary alicyclic amines) is 1. The van der Waals surface area contributed by atoms with Gasteiger partial charge in [-0.15, -0.1) is 0 Å². The number of halogens is 1. The molecule has 28 heavy (non-hydrogen) atoms. The lowest BCUT2D eigenvalue weighted by molar-refractivity contribution is -0.0878. The molecule has 0 bridgehead atoms. The Morgan fingerprint density at radius 3 is 2.68 bits per heavy atom.